The van der Waals surface area contributed by atoms with E-state index in [-0.39, 0.29) is 24.5 Å². The molecule has 7 heteroatoms. The minimum absolute atomic E-state index is 0.0325. The van der Waals surface area contributed by atoms with E-state index in [4.69, 9.17) is 16.3 Å². The Hall–Kier alpha value is -1.89. The smallest absolute Gasteiger partial charge is 0.264 e. The molecule has 1 aromatic heterocycles. The Labute approximate surface area is 161 Å². The van der Waals surface area contributed by atoms with Crippen LogP contribution >= 0.6 is 22.9 Å². The van der Waals surface area contributed by atoms with Crippen molar-refractivity contribution in [1.29, 1.82) is 0 Å². The van der Waals surface area contributed by atoms with Crippen LogP contribution in [0.1, 0.15) is 21.7 Å². The van der Waals surface area contributed by atoms with Gasteiger partial charge >= 0.3 is 0 Å². The highest BCUT2D eigenvalue weighted by atomic mass is 35.5. The Morgan fingerprint density at radius 3 is 2.73 bits per heavy atom. The number of thiophene rings is 1. The van der Waals surface area contributed by atoms with Crippen LogP contribution in [0.5, 0.6) is 0 Å². The Morgan fingerprint density at radius 2 is 2.04 bits per heavy atom. The van der Waals surface area contributed by atoms with Crippen molar-refractivity contribution in [3.05, 3.63) is 57.2 Å². The lowest BCUT2D eigenvalue weighted by molar-refractivity contribution is -0.180. The van der Waals surface area contributed by atoms with Crippen molar-refractivity contribution in [1.82, 2.24) is 9.80 Å². The lowest BCUT2D eigenvalue weighted by atomic mass is 9.76. The van der Waals surface area contributed by atoms with E-state index in [1.54, 1.807) is 21.9 Å². The second-order valence-corrected chi connectivity index (χ2v) is 8.36. The maximum atomic E-state index is 12.8. The number of ether oxygens (including phenoxy) is 1. The molecule has 0 bridgehead atoms. The van der Waals surface area contributed by atoms with Gasteiger partial charge < -0.3 is 14.5 Å². The molecule has 2 amide bonds. The fraction of sp³-hybridized carbons (Fsp3) is 0.368. The first-order valence-electron chi connectivity index (χ1n) is 8.51. The molecule has 0 N–H and O–H groups in total. The SMILES string of the molecule is CN1C(=O)CO[C@@H]2CN(C(=O)c3ccc(Cl)s3)CC[C@]21c1ccccc1. The van der Waals surface area contributed by atoms with Gasteiger partial charge in [-0.05, 0) is 24.1 Å². The Balaban J connectivity index is 1.65. The third-order valence-electron chi connectivity index (χ3n) is 5.41. The summed E-state index contributed by atoms with van der Waals surface area (Å²) in [6.45, 7) is 1.05. The van der Waals surface area contributed by atoms with Crippen LogP contribution in [0.25, 0.3) is 0 Å². The molecule has 0 aliphatic carbocycles. The third-order valence-corrected chi connectivity index (χ3v) is 6.63. The van der Waals surface area contributed by atoms with Crippen LogP contribution in [0.3, 0.4) is 0 Å². The lowest BCUT2D eigenvalue weighted by Crippen LogP contribution is -2.67. The fourth-order valence-corrected chi connectivity index (χ4v) is 5.01. The average Bonchev–Trinajstić information content (AvgIpc) is 3.11. The van der Waals surface area contributed by atoms with Crippen molar-refractivity contribution in [3.63, 3.8) is 0 Å². The first-order chi connectivity index (χ1) is 12.5. The zero-order valence-electron chi connectivity index (χ0n) is 14.4. The van der Waals surface area contributed by atoms with E-state index < -0.39 is 5.54 Å². The molecule has 2 aliphatic heterocycles. The summed E-state index contributed by atoms with van der Waals surface area (Å²) in [6.07, 6.45) is 0.370. The van der Waals surface area contributed by atoms with Gasteiger partial charge in [-0.3, -0.25) is 9.59 Å². The normalized spacial score (nSPS) is 25.9. The summed E-state index contributed by atoms with van der Waals surface area (Å²) in [6, 6.07) is 13.5. The van der Waals surface area contributed by atoms with Gasteiger partial charge in [-0.25, -0.2) is 0 Å². The van der Waals surface area contributed by atoms with Gasteiger partial charge in [0, 0.05) is 20.1 Å². The number of carbonyl (C=O) groups excluding carboxylic acids is 2. The molecule has 2 aliphatic rings. The van der Waals surface area contributed by atoms with Gasteiger partial charge in [-0.1, -0.05) is 41.9 Å². The Morgan fingerprint density at radius 1 is 1.27 bits per heavy atom. The summed E-state index contributed by atoms with van der Waals surface area (Å²) in [7, 11) is 1.83. The number of likely N-dealkylation sites (N-methyl/N-ethyl adjacent to an activating group) is 1. The summed E-state index contributed by atoms with van der Waals surface area (Å²) < 4.78 is 6.54. The molecule has 0 saturated carbocycles. The number of benzene rings is 1. The number of rotatable bonds is 2. The standard InChI is InChI=1S/C19H19ClN2O3S/c1-21-17(23)12-25-15-11-22(18(24)14-7-8-16(20)26-14)10-9-19(15,21)13-5-3-2-4-6-13/h2-8,15H,9-12H2,1H3/t15-,19+/m1/s1. The van der Waals surface area contributed by atoms with Crippen LogP contribution in [-0.4, -0.2) is 54.5 Å². The number of piperidine rings is 1. The number of morpholine rings is 1. The summed E-state index contributed by atoms with van der Waals surface area (Å²) in [4.78, 5) is 29.4. The number of nitrogens with zero attached hydrogens (tertiary/aromatic N) is 2. The van der Waals surface area contributed by atoms with Crippen LogP contribution < -0.4 is 0 Å². The maximum absolute atomic E-state index is 12.8. The summed E-state index contributed by atoms with van der Waals surface area (Å²) in [5.74, 6) is -0.0679. The van der Waals surface area contributed by atoms with E-state index >= 15 is 0 Å². The van der Waals surface area contributed by atoms with Crippen molar-refractivity contribution in [3.8, 4) is 0 Å². The van der Waals surface area contributed by atoms with Gasteiger partial charge in [-0.15, -0.1) is 11.3 Å². The first kappa shape index (κ1) is 17.5. The van der Waals surface area contributed by atoms with Gasteiger partial charge in [0.2, 0.25) is 5.91 Å². The predicted molar refractivity (Wildman–Crippen MR) is 100 cm³/mol. The van der Waals surface area contributed by atoms with Crippen molar-refractivity contribution in [2.45, 2.75) is 18.1 Å². The number of halogens is 1. The highest BCUT2D eigenvalue weighted by Crippen LogP contribution is 2.42. The third kappa shape index (κ3) is 2.73. The number of hydrogen-bond donors (Lipinski definition) is 0. The van der Waals surface area contributed by atoms with Crippen molar-refractivity contribution >= 4 is 34.8 Å². The van der Waals surface area contributed by atoms with E-state index in [1.165, 1.54) is 11.3 Å². The molecule has 2 aromatic rings. The second kappa shape index (κ2) is 6.68. The minimum Gasteiger partial charge on any atom is -0.364 e. The van der Waals surface area contributed by atoms with Gasteiger partial charge in [0.05, 0.1) is 14.8 Å². The van der Waals surface area contributed by atoms with Crippen LogP contribution in [0, 0.1) is 0 Å². The predicted octanol–water partition coefficient (Wildman–Crippen LogP) is 3.00. The molecule has 0 spiro atoms. The number of carbonyl (C=O) groups is 2. The van der Waals surface area contributed by atoms with Crippen molar-refractivity contribution in [2.75, 3.05) is 26.7 Å². The van der Waals surface area contributed by atoms with E-state index in [2.05, 4.69) is 0 Å². The lowest BCUT2D eigenvalue weighted by Gasteiger charge is -2.54. The molecule has 5 nitrogen and oxygen atoms in total. The Kier molecular flexibility index (Phi) is 4.50. The first-order valence-corrected chi connectivity index (χ1v) is 9.70. The van der Waals surface area contributed by atoms with Gasteiger partial charge in [0.15, 0.2) is 0 Å². The topological polar surface area (TPSA) is 49.9 Å². The minimum atomic E-state index is -0.541. The molecule has 4 rings (SSSR count). The van der Waals surface area contributed by atoms with Crippen molar-refractivity contribution < 1.29 is 14.3 Å². The number of likely N-dealkylation sites (tertiary alicyclic amines) is 1. The van der Waals surface area contributed by atoms with E-state index in [9.17, 15) is 9.59 Å². The number of fused-ring (bicyclic) bond motifs is 1. The van der Waals surface area contributed by atoms with Gasteiger partial charge in [0.25, 0.3) is 5.91 Å². The summed E-state index contributed by atoms with van der Waals surface area (Å²) >= 11 is 7.25. The van der Waals surface area contributed by atoms with E-state index in [0.29, 0.717) is 28.7 Å². The molecular formula is C19H19ClN2O3S. The molecule has 2 fully saturated rings. The molecule has 0 radical (unpaired) electrons. The zero-order chi connectivity index (χ0) is 18.3. The molecule has 1 aromatic carbocycles. The van der Waals surface area contributed by atoms with Crippen molar-refractivity contribution in [2.24, 2.45) is 0 Å². The van der Waals surface area contributed by atoms with Gasteiger partial charge in [-0.2, -0.15) is 0 Å². The second-order valence-electron chi connectivity index (χ2n) is 6.65. The molecule has 2 atom stereocenters. The van der Waals surface area contributed by atoms with Crippen LogP contribution in [0.2, 0.25) is 4.34 Å². The molecule has 136 valence electrons. The highest BCUT2D eigenvalue weighted by Gasteiger charge is 2.53. The largest absolute Gasteiger partial charge is 0.364 e. The maximum Gasteiger partial charge on any atom is 0.264 e. The molecule has 26 heavy (non-hydrogen) atoms. The molecular weight excluding hydrogens is 372 g/mol. The molecule has 3 heterocycles. The average molecular weight is 391 g/mol. The quantitative estimate of drug-likeness (QED) is 0.792. The van der Waals surface area contributed by atoms with E-state index in [1.807, 2.05) is 37.4 Å². The Bertz CT molecular complexity index is 840. The number of hydrogen-bond acceptors (Lipinski definition) is 4. The van der Waals surface area contributed by atoms with E-state index in [0.717, 1.165) is 5.56 Å². The molecule has 0 unspecified atom stereocenters. The highest BCUT2D eigenvalue weighted by molar-refractivity contribution is 7.17. The van der Waals surface area contributed by atoms with Crippen LogP contribution in [0.15, 0.2) is 42.5 Å². The molecule has 2 saturated heterocycles. The summed E-state index contributed by atoms with van der Waals surface area (Å²) in [5, 5.41) is 0. The number of amides is 2. The van der Waals surface area contributed by atoms with Crippen LogP contribution in [0.4, 0.5) is 0 Å². The zero-order valence-corrected chi connectivity index (χ0v) is 15.9. The monoisotopic (exact) mass is 390 g/mol. The van der Waals surface area contributed by atoms with Crippen LogP contribution in [-0.2, 0) is 15.1 Å². The van der Waals surface area contributed by atoms with Gasteiger partial charge in [0.1, 0.15) is 12.7 Å². The summed E-state index contributed by atoms with van der Waals surface area (Å²) in [5.41, 5.74) is 0.507. The fourth-order valence-electron chi connectivity index (χ4n) is 3.99.